The van der Waals surface area contributed by atoms with Gasteiger partial charge in [-0.25, -0.2) is 4.79 Å². The topological polar surface area (TPSA) is 75.4 Å². The predicted molar refractivity (Wildman–Crippen MR) is 38.8 cm³/mol. The van der Waals surface area contributed by atoms with Crippen molar-refractivity contribution in [3.8, 4) is 0 Å². The van der Waals surface area contributed by atoms with Gasteiger partial charge < -0.3 is 16.0 Å². The molecule has 1 atom stereocenters. The molecule has 1 rings (SSSR count). The summed E-state index contributed by atoms with van der Waals surface area (Å²) >= 11 is 0. The van der Waals surface area contributed by atoms with Crippen LogP contribution < -0.4 is 11.1 Å². The van der Waals surface area contributed by atoms with Crippen LogP contribution in [0.4, 0.5) is 4.79 Å². The van der Waals surface area contributed by atoms with Crippen LogP contribution in [0.25, 0.3) is 0 Å². The predicted octanol–water partition coefficient (Wildman–Crippen LogP) is -1.11. The molecule has 1 aliphatic heterocycles. The highest BCUT2D eigenvalue weighted by atomic mass is 16.2. The maximum absolute atomic E-state index is 10.9. The van der Waals surface area contributed by atoms with E-state index in [4.69, 9.17) is 5.73 Å². The van der Waals surface area contributed by atoms with Crippen molar-refractivity contribution in [2.45, 2.75) is 12.5 Å². The van der Waals surface area contributed by atoms with Gasteiger partial charge >= 0.3 is 6.03 Å². The van der Waals surface area contributed by atoms with E-state index in [-0.39, 0.29) is 6.03 Å². The summed E-state index contributed by atoms with van der Waals surface area (Å²) < 4.78 is 0. The molecule has 1 aliphatic rings. The quantitative estimate of drug-likeness (QED) is 0.506. The molecule has 0 aliphatic carbocycles. The second-order valence-electron chi connectivity index (χ2n) is 2.61. The summed E-state index contributed by atoms with van der Waals surface area (Å²) in [6, 6.07) is -0.723. The lowest BCUT2D eigenvalue weighted by molar-refractivity contribution is -0.120. The second kappa shape index (κ2) is 2.77. The van der Waals surface area contributed by atoms with Crippen molar-refractivity contribution in [3.05, 3.63) is 0 Å². The number of hydrogen-bond acceptors (Lipinski definition) is 2. The van der Waals surface area contributed by atoms with E-state index in [0.717, 1.165) is 0 Å². The Morgan fingerprint density at radius 1 is 1.82 bits per heavy atom. The summed E-state index contributed by atoms with van der Waals surface area (Å²) in [5.41, 5.74) is 5.00. The fraction of sp³-hybridized carbons (Fsp3) is 0.667. The van der Waals surface area contributed by atoms with Gasteiger partial charge in [-0.15, -0.1) is 0 Å². The number of amides is 3. The molecule has 62 valence electrons. The van der Waals surface area contributed by atoms with Gasteiger partial charge in [-0.1, -0.05) is 0 Å². The first-order valence-corrected chi connectivity index (χ1v) is 3.42. The average Bonchev–Trinajstić information content (AvgIpc) is 1.94. The van der Waals surface area contributed by atoms with E-state index in [2.05, 4.69) is 5.32 Å². The van der Waals surface area contributed by atoms with Crippen LogP contribution in [0, 0.1) is 0 Å². The zero-order valence-electron chi connectivity index (χ0n) is 6.33. The van der Waals surface area contributed by atoms with Gasteiger partial charge in [-0.05, 0) is 6.42 Å². The number of nitrogens with one attached hydrogen (secondary N) is 1. The van der Waals surface area contributed by atoms with Crippen molar-refractivity contribution in [2.75, 3.05) is 13.6 Å². The fourth-order valence-electron chi connectivity index (χ4n) is 0.969. The van der Waals surface area contributed by atoms with Crippen LogP contribution in [0.3, 0.4) is 0 Å². The van der Waals surface area contributed by atoms with Gasteiger partial charge in [-0.2, -0.15) is 0 Å². The minimum atomic E-state index is -0.487. The van der Waals surface area contributed by atoms with E-state index in [1.54, 1.807) is 7.05 Å². The first-order valence-electron chi connectivity index (χ1n) is 3.42. The Kier molecular flexibility index (Phi) is 1.98. The molecular weight excluding hydrogens is 146 g/mol. The minimum Gasteiger partial charge on any atom is -0.368 e. The Morgan fingerprint density at radius 3 is 2.91 bits per heavy atom. The van der Waals surface area contributed by atoms with E-state index in [0.29, 0.717) is 13.0 Å². The molecule has 0 saturated carbocycles. The van der Waals surface area contributed by atoms with Crippen molar-refractivity contribution in [1.82, 2.24) is 10.2 Å². The van der Waals surface area contributed by atoms with Crippen molar-refractivity contribution in [2.24, 2.45) is 5.73 Å². The number of carbonyl (C=O) groups is 2. The standard InChI is InChI=1S/C6H11N3O2/c1-9-3-2-4(5(7)10)8-6(9)11/h4H,2-3H2,1H3,(H2,7,10)(H,8,11). The highest BCUT2D eigenvalue weighted by Gasteiger charge is 2.25. The number of nitrogens with zero attached hydrogens (tertiary/aromatic N) is 1. The number of carbonyl (C=O) groups excluding carboxylic acids is 2. The Balaban J connectivity index is 2.53. The smallest absolute Gasteiger partial charge is 0.317 e. The number of urea groups is 1. The Bertz CT molecular complexity index is 192. The van der Waals surface area contributed by atoms with E-state index >= 15 is 0 Å². The van der Waals surface area contributed by atoms with Crippen LogP contribution in [-0.4, -0.2) is 36.5 Å². The normalized spacial score (nSPS) is 24.6. The maximum atomic E-state index is 10.9. The van der Waals surface area contributed by atoms with Gasteiger partial charge in [0, 0.05) is 13.6 Å². The Hall–Kier alpha value is -1.26. The molecule has 0 aromatic carbocycles. The lowest BCUT2D eigenvalue weighted by Gasteiger charge is -2.28. The summed E-state index contributed by atoms with van der Waals surface area (Å²) in [6.07, 6.45) is 0.595. The zero-order valence-corrected chi connectivity index (χ0v) is 6.33. The molecule has 0 aromatic heterocycles. The Labute approximate surface area is 64.5 Å². The van der Waals surface area contributed by atoms with Crippen molar-refractivity contribution in [3.63, 3.8) is 0 Å². The molecule has 5 nitrogen and oxygen atoms in total. The molecule has 1 unspecified atom stereocenters. The van der Waals surface area contributed by atoms with Gasteiger partial charge in [0.15, 0.2) is 0 Å². The van der Waals surface area contributed by atoms with E-state index in [1.807, 2.05) is 0 Å². The molecule has 11 heavy (non-hydrogen) atoms. The van der Waals surface area contributed by atoms with Crippen molar-refractivity contribution < 1.29 is 9.59 Å². The van der Waals surface area contributed by atoms with E-state index in [9.17, 15) is 9.59 Å². The van der Waals surface area contributed by atoms with Crippen LogP contribution in [0.2, 0.25) is 0 Å². The van der Waals surface area contributed by atoms with Crippen LogP contribution in [0.5, 0.6) is 0 Å². The third-order valence-corrected chi connectivity index (χ3v) is 1.74. The van der Waals surface area contributed by atoms with Crippen LogP contribution in [0.15, 0.2) is 0 Å². The molecule has 5 heteroatoms. The van der Waals surface area contributed by atoms with Crippen molar-refractivity contribution >= 4 is 11.9 Å². The van der Waals surface area contributed by atoms with Gasteiger partial charge in [-0.3, -0.25) is 4.79 Å². The highest BCUT2D eigenvalue weighted by molar-refractivity contribution is 5.86. The largest absolute Gasteiger partial charge is 0.368 e. The Morgan fingerprint density at radius 2 is 2.45 bits per heavy atom. The monoisotopic (exact) mass is 157 g/mol. The number of nitrogens with two attached hydrogens (primary N) is 1. The van der Waals surface area contributed by atoms with E-state index in [1.165, 1.54) is 4.90 Å². The number of primary amides is 1. The van der Waals surface area contributed by atoms with Gasteiger partial charge in [0.25, 0.3) is 0 Å². The fourth-order valence-corrected chi connectivity index (χ4v) is 0.969. The molecule has 3 amide bonds. The lowest BCUT2D eigenvalue weighted by Crippen LogP contribution is -2.54. The summed E-state index contributed by atoms with van der Waals surface area (Å²) in [6.45, 7) is 0.583. The second-order valence-corrected chi connectivity index (χ2v) is 2.61. The van der Waals surface area contributed by atoms with Gasteiger partial charge in [0.2, 0.25) is 5.91 Å². The maximum Gasteiger partial charge on any atom is 0.317 e. The molecule has 1 saturated heterocycles. The third-order valence-electron chi connectivity index (χ3n) is 1.74. The van der Waals surface area contributed by atoms with Crippen LogP contribution in [-0.2, 0) is 4.79 Å². The molecule has 0 radical (unpaired) electrons. The summed E-state index contributed by atoms with van der Waals surface area (Å²) in [5, 5.41) is 2.48. The molecule has 1 fully saturated rings. The first-order chi connectivity index (χ1) is 5.11. The highest BCUT2D eigenvalue weighted by Crippen LogP contribution is 2.01. The molecule has 0 spiro atoms. The average molecular weight is 157 g/mol. The van der Waals surface area contributed by atoms with Gasteiger partial charge in [0.1, 0.15) is 6.04 Å². The minimum absolute atomic E-state index is 0.236. The lowest BCUT2D eigenvalue weighted by atomic mass is 10.1. The summed E-state index contributed by atoms with van der Waals surface area (Å²) in [5.74, 6) is -0.466. The SMILES string of the molecule is CN1CCC(C(N)=O)NC1=O. The molecule has 0 bridgehead atoms. The summed E-state index contributed by atoms with van der Waals surface area (Å²) in [4.78, 5) is 23.0. The zero-order chi connectivity index (χ0) is 8.43. The number of rotatable bonds is 1. The van der Waals surface area contributed by atoms with Crippen LogP contribution in [0.1, 0.15) is 6.42 Å². The molecule has 0 aromatic rings. The summed E-state index contributed by atoms with van der Waals surface area (Å²) in [7, 11) is 1.67. The van der Waals surface area contributed by atoms with Crippen molar-refractivity contribution in [1.29, 1.82) is 0 Å². The van der Waals surface area contributed by atoms with Crippen LogP contribution >= 0.6 is 0 Å². The van der Waals surface area contributed by atoms with E-state index < -0.39 is 11.9 Å². The number of hydrogen-bond donors (Lipinski definition) is 2. The third kappa shape index (κ3) is 1.60. The molecular formula is C6H11N3O2. The van der Waals surface area contributed by atoms with Gasteiger partial charge in [0.05, 0.1) is 0 Å². The molecule has 3 N–H and O–H groups in total. The molecule has 1 heterocycles. The first kappa shape index (κ1) is 7.84.